The zero-order valence-corrected chi connectivity index (χ0v) is 16.1. The molecule has 0 radical (unpaired) electrons. The highest BCUT2D eigenvalue weighted by Crippen LogP contribution is 2.36. The van der Waals surface area contributed by atoms with Crippen LogP contribution in [0, 0.1) is 6.92 Å². The fourth-order valence-electron chi connectivity index (χ4n) is 3.61. The number of fused-ring (bicyclic) bond motifs is 1. The number of aryl methyl sites for hydroxylation is 1. The Kier molecular flexibility index (Phi) is 4.34. The lowest BCUT2D eigenvalue weighted by atomic mass is 10.0. The van der Waals surface area contributed by atoms with Crippen LogP contribution in [-0.2, 0) is 0 Å². The van der Waals surface area contributed by atoms with Gasteiger partial charge >= 0.3 is 0 Å². The lowest BCUT2D eigenvalue weighted by molar-refractivity contribution is 0.484. The third-order valence-electron chi connectivity index (χ3n) is 5.03. The zero-order valence-electron chi connectivity index (χ0n) is 16.1. The smallest absolute Gasteiger partial charge is 0.137 e. The number of benzene rings is 3. The number of nitrogens with one attached hydrogen (secondary N) is 1. The van der Waals surface area contributed by atoms with Gasteiger partial charge in [0, 0.05) is 34.5 Å². The predicted molar refractivity (Wildman–Crippen MR) is 118 cm³/mol. The number of H-pyrrole nitrogens is 1. The van der Waals surface area contributed by atoms with Gasteiger partial charge in [0.25, 0.3) is 0 Å². The number of para-hydroxylation sites is 2. The van der Waals surface area contributed by atoms with Crippen LogP contribution in [0.4, 0.5) is 0 Å². The molecule has 0 atom stereocenters. The maximum absolute atomic E-state index is 6.15. The van der Waals surface area contributed by atoms with E-state index >= 15 is 0 Å². The quantitative estimate of drug-likeness (QED) is 0.367. The van der Waals surface area contributed by atoms with Gasteiger partial charge in [0.05, 0.1) is 0 Å². The van der Waals surface area contributed by atoms with E-state index in [0.29, 0.717) is 0 Å². The van der Waals surface area contributed by atoms with Gasteiger partial charge in [-0.05, 0) is 36.8 Å². The molecule has 0 amide bonds. The Morgan fingerprint density at radius 1 is 0.759 bits per heavy atom. The summed E-state index contributed by atoms with van der Waals surface area (Å²) in [4.78, 5) is 7.96. The number of hydrogen-bond donors (Lipinski definition) is 1. The summed E-state index contributed by atoms with van der Waals surface area (Å²) >= 11 is 0. The highest BCUT2D eigenvalue weighted by molar-refractivity contribution is 5.96. The molecule has 5 rings (SSSR count). The van der Waals surface area contributed by atoms with Gasteiger partial charge < -0.3 is 9.72 Å². The SMILES string of the molecule is Cc1cccc(-c2c[nH]c3ncc(-c4ccccc4Oc4ccccc4)cc23)c1. The molecule has 0 spiro atoms. The van der Waals surface area contributed by atoms with Crippen molar-refractivity contribution in [3.05, 3.63) is 103 Å². The van der Waals surface area contributed by atoms with E-state index in [9.17, 15) is 0 Å². The first-order chi connectivity index (χ1) is 14.3. The second kappa shape index (κ2) is 7.28. The molecular formula is C26H20N2O. The highest BCUT2D eigenvalue weighted by atomic mass is 16.5. The third-order valence-corrected chi connectivity index (χ3v) is 5.03. The van der Waals surface area contributed by atoms with Crippen molar-refractivity contribution in [3.63, 3.8) is 0 Å². The van der Waals surface area contributed by atoms with Crippen LogP contribution in [0.5, 0.6) is 11.5 Å². The topological polar surface area (TPSA) is 37.9 Å². The lowest BCUT2D eigenvalue weighted by Gasteiger charge is -2.11. The fourth-order valence-corrected chi connectivity index (χ4v) is 3.61. The van der Waals surface area contributed by atoms with Crippen LogP contribution < -0.4 is 4.74 Å². The van der Waals surface area contributed by atoms with Crippen molar-refractivity contribution in [2.45, 2.75) is 6.92 Å². The minimum Gasteiger partial charge on any atom is -0.457 e. The molecule has 3 aromatic carbocycles. The molecule has 0 aliphatic rings. The van der Waals surface area contributed by atoms with Gasteiger partial charge in [0.15, 0.2) is 0 Å². The van der Waals surface area contributed by atoms with Crippen LogP contribution in [0.3, 0.4) is 0 Å². The Morgan fingerprint density at radius 3 is 2.45 bits per heavy atom. The summed E-state index contributed by atoms with van der Waals surface area (Å²) in [6.07, 6.45) is 3.93. The van der Waals surface area contributed by atoms with Crippen LogP contribution in [0.15, 0.2) is 97.3 Å². The van der Waals surface area contributed by atoms with Crippen molar-refractivity contribution in [2.24, 2.45) is 0 Å². The summed E-state index contributed by atoms with van der Waals surface area (Å²) in [5, 5.41) is 1.10. The van der Waals surface area contributed by atoms with Crippen molar-refractivity contribution < 1.29 is 4.74 Å². The summed E-state index contributed by atoms with van der Waals surface area (Å²) in [5.41, 5.74) is 6.50. The number of rotatable bonds is 4. The van der Waals surface area contributed by atoms with Gasteiger partial charge in [0.2, 0.25) is 0 Å². The van der Waals surface area contributed by atoms with Crippen molar-refractivity contribution in [3.8, 4) is 33.8 Å². The van der Waals surface area contributed by atoms with Crippen LogP contribution in [0.2, 0.25) is 0 Å². The highest BCUT2D eigenvalue weighted by Gasteiger charge is 2.12. The molecule has 0 aliphatic carbocycles. The molecule has 140 valence electrons. The van der Waals surface area contributed by atoms with Crippen LogP contribution >= 0.6 is 0 Å². The van der Waals surface area contributed by atoms with Gasteiger partial charge in [-0.15, -0.1) is 0 Å². The molecule has 5 aromatic rings. The Labute approximate surface area is 169 Å². The molecule has 0 aliphatic heterocycles. The molecule has 29 heavy (non-hydrogen) atoms. The van der Waals surface area contributed by atoms with E-state index in [1.807, 2.05) is 60.9 Å². The van der Waals surface area contributed by atoms with Gasteiger partial charge in [-0.3, -0.25) is 0 Å². The van der Waals surface area contributed by atoms with Crippen LogP contribution in [0.1, 0.15) is 5.56 Å². The summed E-state index contributed by atoms with van der Waals surface area (Å²) in [7, 11) is 0. The summed E-state index contributed by atoms with van der Waals surface area (Å²) < 4.78 is 6.15. The third kappa shape index (κ3) is 3.39. The van der Waals surface area contributed by atoms with Gasteiger partial charge in [-0.2, -0.15) is 0 Å². The Morgan fingerprint density at radius 2 is 1.59 bits per heavy atom. The standard InChI is InChI=1S/C26H20N2O/c1-18-8-7-9-19(14-18)24-17-28-26-23(24)15-20(16-27-26)22-12-5-6-13-25(22)29-21-10-3-2-4-11-21/h2-17H,1H3,(H,27,28). The van der Waals surface area contributed by atoms with Gasteiger partial charge in [-0.25, -0.2) is 4.98 Å². The zero-order chi connectivity index (χ0) is 19.6. The first-order valence-electron chi connectivity index (χ1n) is 9.64. The van der Waals surface area contributed by atoms with Crippen molar-refractivity contribution in [1.82, 2.24) is 9.97 Å². The van der Waals surface area contributed by atoms with Crippen molar-refractivity contribution >= 4 is 11.0 Å². The normalized spacial score (nSPS) is 10.9. The summed E-state index contributed by atoms with van der Waals surface area (Å²) in [5.74, 6) is 1.63. The number of aromatic amines is 1. The maximum Gasteiger partial charge on any atom is 0.137 e. The molecule has 3 nitrogen and oxygen atoms in total. The first-order valence-corrected chi connectivity index (χ1v) is 9.64. The number of ether oxygens (including phenoxy) is 1. The molecular weight excluding hydrogens is 356 g/mol. The van der Waals surface area contributed by atoms with Crippen molar-refractivity contribution in [2.75, 3.05) is 0 Å². The molecule has 2 heterocycles. The molecule has 3 heteroatoms. The largest absolute Gasteiger partial charge is 0.457 e. The van der Waals surface area contributed by atoms with E-state index in [2.05, 4.69) is 53.3 Å². The van der Waals surface area contributed by atoms with E-state index in [0.717, 1.165) is 39.2 Å². The summed E-state index contributed by atoms with van der Waals surface area (Å²) in [6, 6.07) is 28.6. The van der Waals surface area contributed by atoms with Crippen LogP contribution in [-0.4, -0.2) is 9.97 Å². The minimum atomic E-state index is 0.812. The average Bonchev–Trinajstić information content (AvgIpc) is 3.18. The Balaban J connectivity index is 1.61. The maximum atomic E-state index is 6.15. The molecule has 0 unspecified atom stereocenters. The molecule has 2 aromatic heterocycles. The van der Waals surface area contributed by atoms with Gasteiger partial charge in [-0.1, -0.05) is 66.2 Å². The Hall–Kier alpha value is -3.85. The van der Waals surface area contributed by atoms with E-state index in [1.54, 1.807) is 0 Å². The van der Waals surface area contributed by atoms with Crippen molar-refractivity contribution in [1.29, 1.82) is 0 Å². The average molecular weight is 376 g/mol. The fraction of sp³-hybridized carbons (Fsp3) is 0.0385. The monoisotopic (exact) mass is 376 g/mol. The number of hydrogen-bond acceptors (Lipinski definition) is 2. The second-order valence-corrected chi connectivity index (χ2v) is 7.10. The molecule has 0 saturated heterocycles. The van der Waals surface area contributed by atoms with E-state index in [4.69, 9.17) is 4.74 Å². The van der Waals surface area contributed by atoms with Gasteiger partial charge in [0.1, 0.15) is 17.1 Å². The van der Waals surface area contributed by atoms with E-state index < -0.39 is 0 Å². The van der Waals surface area contributed by atoms with Crippen LogP contribution in [0.25, 0.3) is 33.3 Å². The summed E-state index contributed by atoms with van der Waals surface area (Å²) in [6.45, 7) is 2.11. The Bertz CT molecular complexity index is 1290. The molecule has 0 fully saturated rings. The molecule has 1 N–H and O–H groups in total. The number of pyridine rings is 1. The predicted octanol–water partition coefficient (Wildman–Crippen LogP) is 7.00. The van der Waals surface area contributed by atoms with E-state index in [-0.39, 0.29) is 0 Å². The second-order valence-electron chi connectivity index (χ2n) is 7.10. The van der Waals surface area contributed by atoms with E-state index in [1.165, 1.54) is 11.1 Å². The minimum absolute atomic E-state index is 0.812. The number of nitrogens with zero attached hydrogens (tertiary/aromatic N) is 1. The number of aromatic nitrogens is 2. The molecule has 0 saturated carbocycles. The first kappa shape index (κ1) is 17.3. The lowest BCUT2D eigenvalue weighted by Crippen LogP contribution is -1.89. The molecule has 0 bridgehead atoms.